The summed E-state index contributed by atoms with van der Waals surface area (Å²) in [4.78, 5) is 14.2. The fraction of sp³-hybridized carbons (Fsp3) is 0.182. The van der Waals surface area contributed by atoms with Crippen LogP contribution in [0, 0.1) is 29.8 Å². The first-order valence-electron chi connectivity index (χ1n) is 4.96. The molecule has 1 aromatic heterocycles. The second kappa shape index (κ2) is 3.97. The van der Waals surface area contributed by atoms with Crippen LogP contribution in [0.5, 0.6) is 0 Å². The minimum atomic E-state index is -0.849. The zero-order valence-corrected chi connectivity index (χ0v) is 9.35. The van der Waals surface area contributed by atoms with Gasteiger partial charge in [-0.3, -0.25) is 14.7 Å². The summed E-state index contributed by atoms with van der Waals surface area (Å²) in [5.41, 5.74) is 1.16. The normalized spacial score (nSPS) is 10.5. The first-order valence-corrected chi connectivity index (χ1v) is 4.96. The number of nitrogens with zero attached hydrogens (tertiary/aromatic N) is 3. The van der Waals surface area contributed by atoms with Crippen molar-refractivity contribution in [1.29, 1.82) is 0 Å². The molecule has 0 saturated carbocycles. The monoisotopic (exact) mass is 235 g/mol. The Labute approximate surface area is 96.7 Å². The van der Waals surface area contributed by atoms with Crippen LogP contribution < -0.4 is 0 Å². The van der Waals surface area contributed by atoms with Crippen molar-refractivity contribution < 1.29 is 9.31 Å². The molecule has 0 aliphatic heterocycles. The highest BCUT2D eigenvalue weighted by Gasteiger charge is 2.22. The molecule has 0 spiro atoms. The third-order valence-corrected chi connectivity index (χ3v) is 2.66. The van der Waals surface area contributed by atoms with Gasteiger partial charge in [-0.25, -0.2) is 4.98 Å². The van der Waals surface area contributed by atoms with Gasteiger partial charge < -0.3 is 0 Å². The van der Waals surface area contributed by atoms with Gasteiger partial charge in [0.05, 0.1) is 16.9 Å². The van der Waals surface area contributed by atoms with Gasteiger partial charge in [0.25, 0.3) is 0 Å². The van der Waals surface area contributed by atoms with Crippen LogP contribution in [0.4, 0.5) is 10.1 Å². The number of rotatable bonds is 2. The van der Waals surface area contributed by atoms with Gasteiger partial charge in [-0.15, -0.1) is 0 Å². The molecule has 88 valence electrons. The first-order chi connectivity index (χ1) is 8.02. The summed E-state index contributed by atoms with van der Waals surface area (Å²) < 4.78 is 15.0. The molecule has 2 aromatic rings. The highest BCUT2D eigenvalue weighted by Crippen LogP contribution is 2.27. The molecule has 0 atom stereocenters. The van der Waals surface area contributed by atoms with E-state index in [1.165, 1.54) is 23.0 Å². The molecule has 1 aromatic carbocycles. The van der Waals surface area contributed by atoms with Crippen molar-refractivity contribution in [1.82, 2.24) is 9.55 Å². The van der Waals surface area contributed by atoms with Crippen LogP contribution in [-0.2, 0) is 0 Å². The number of hydrogen-bond acceptors (Lipinski definition) is 3. The average Bonchev–Trinajstić information content (AvgIpc) is 2.59. The highest BCUT2D eigenvalue weighted by molar-refractivity contribution is 5.54. The molecule has 0 bridgehead atoms. The van der Waals surface area contributed by atoms with Gasteiger partial charge in [-0.2, -0.15) is 4.39 Å². The number of hydrogen-bond donors (Lipinski definition) is 0. The second-order valence-electron chi connectivity index (χ2n) is 3.65. The molecule has 0 fully saturated rings. The molecule has 0 aliphatic rings. The summed E-state index contributed by atoms with van der Waals surface area (Å²) in [7, 11) is 0. The van der Waals surface area contributed by atoms with Crippen molar-refractivity contribution in [2.24, 2.45) is 0 Å². The van der Waals surface area contributed by atoms with Crippen LogP contribution in [0.3, 0.4) is 0 Å². The number of para-hydroxylation sites is 1. The van der Waals surface area contributed by atoms with E-state index < -0.39 is 16.4 Å². The van der Waals surface area contributed by atoms with Crippen molar-refractivity contribution in [3.8, 4) is 5.69 Å². The maximum Gasteiger partial charge on any atom is 0.328 e. The summed E-state index contributed by atoms with van der Waals surface area (Å²) in [5, 5.41) is 10.9. The Balaban J connectivity index is 2.72. The molecular formula is C11H10FN3O2. The van der Waals surface area contributed by atoms with E-state index in [4.69, 9.17) is 0 Å². The zero-order chi connectivity index (χ0) is 12.6. The number of aryl methyl sites for hydroxylation is 1. The third-order valence-electron chi connectivity index (χ3n) is 2.66. The average molecular weight is 235 g/mol. The molecule has 0 aliphatic carbocycles. The van der Waals surface area contributed by atoms with Gasteiger partial charge >= 0.3 is 5.69 Å². The predicted octanol–water partition coefficient (Wildman–Crippen LogP) is 2.54. The standard InChI is InChI=1S/C11H10FN3O2/c1-7-8(2)14(6-13-7)10-5-3-4-9(12)11(10)15(16)17/h3-6H,1-2H3. The summed E-state index contributed by atoms with van der Waals surface area (Å²) >= 11 is 0. The van der Waals surface area contributed by atoms with Gasteiger partial charge in [0, 0.05) is 5.69 Å². The van der Waals surface area contributed by atoms with Gasteiger partial charge in [-0.1, -0.05) is 6.07 Å². The minimum Gasteiger partial charge on any atom is -0.297 e. The number of nitro benzene ring substituents is 1. The van der Waals surface area contributed by atoms with Gasteiger partial charge in [0.15, 0.2) is 0 Å². The first kappa shape index (κ1) is 11.3. The second-order valence-corrected chi connectivity index (χ2v) is 3.65. The molecule has 1 heterocycles. The molecule has 17 heavy (non-hydrogen) atoms. The van der Waals surface area contributed by atoms with Crippen LogP contribution in [0.15, 0.2) is 24.5 Å². The molecule has 0 N–H and O–H groups in total. The van der Waals surface area contributed by atoms with Crippen LogP contribution >= 0.6 is 0 Å². The minimum absolute atomic E-state index is 0.188. The quantitative estimate of drug-likeness (QED) is 0.593. The molecular weight excluding hydrogens is 225 g/mol. The Bertz CT molecular complexity index is 592. The molecule has 6 heteroatoms. The molecule has 0 radical (unpaired) electrons. The van der Waals surface area contributed by atoms with Crippen molar-refractivity contribution in [2.45, 2.75) is 13.8 Å². The van der Waals surface area contributed by atoms with E-state index in [2.05, 4.69) is 4.98 Å². The summed E-state index contributed by atoms with van der Waals surface area (Å²) in [6, 6.07) is 4.00. The van der Waals surface area contributed by atoms with Gasteiger partial charge in [0.2, 0.25) is 5.82 Å². The number of halogens is 1. The Morgan fingerprint density at radius 2 is 2.12 bits per heavy atom. The van der Waals surface area contributed by atoms with E-state index in [9.17, 15) is 14.5 Å². The number of benzene rings is 1. The van der Waals surface area contributed by atoms with Crippen LogP contribution in [0.2, 0.25) is 0 Å². The maximum absolute atomic E-state index is 13.4. The smallest absolute Gasteiger partial charge is 0.297 e. The Morgan fingerprint density at radius 1 is 1.41 bits per heavy atom. The van der Waals surface area contributed by atoms with Crippen molar-refractivity contribution >= 4 is 5.69 Å². The van der Waals surface area contributed by atoms with E-state index in [1.54, 1.807) is 13.8 Å². The van der Waals surface area contributed by atoms with E-state index in [0.717, 1.165) is 17.5 Å². The molecule has 0 saturated heterocycles. The zero-order valence-electron chi connectivity index (χ0n) is 9.35. The topological polar surface area (TPSA) is 61.0 Å². The Kier molecular flexibility index (Phi) is 2.63. The van der Waals surface area contributed by atoms with E-state index in [-0.39, 0.29) is 5.69 Å². The largest absolute Gasteiger partial charge is 0.328 e. The Morgan fingerprint density at radius 3 is 2.65 bits per heavy atom. The fourth-order valence-corrected chi connectivity index (χ4v) is 1.62. The molecule has 2 rings (SSSR count). The highest BCUT2D eigenvalue weighted by atomic mass is 19.1. The van der Waals surface area contributed by atoms with Gasteiger partial charge in [-0.05, 0) is 26.0 Å². The summed E-state index contributed by atoms with van der Waals surface area (Å²) in [5.74, 6) is -0.849. The van der Waals surface area contributed by atoms with Crippen molar-refractivity contribution in [3.05, 3.63) is 51.8 Å². The van der Waals surface area contributed by atoms with Crippen LogP contribution in [0.1, 0.15) is 11.4 Å². The van der Waals surface area contributed by atoms with Crippen LogP contribution in [-0.4, -0.2) is 14.5 Å². The SMILES string of the molecule is Cc1ncn(-c2cccc(F)c2[N+](=O)[O-])c1C. The lowest BCUT2D eigenvalue weighted by Gasteiger charge is -2.06. The van der Waals surface area contributed by atoms with E-state index in [1.807, 2.05) is 0 Å². The summed E-state index contributed by atoms with van der Waals surface area (Å²) in [6.45, 7) is 3.56. The molecule has 0 unspecified atom stereocenters. The van der Waals surface area contributed by atoms with Crippen LogP contribution in [0.25, 0.3) is 5.69 Å². The maximum atomic E-state index is 13.4. The fourth-order valence-electron chi connectivity index (χ4n) is 1.62. The van der Waals surface area contributed by atoms with Crippen molar-refractivity contribution in [2.75, 3.05) is 0 Å². The van der Waals surface area contributed by atoms with Gasteiger partial charge in [0.1, 0.15) is 5.69 Å². The van der Waals surface area contributed by atoms with E-state index in [0.29, 0.717) is 0 Å². The lowest BCUT2D eigenvalue weighted by atomic mass is 10.2. The number of nitro groups is 1. The van der Waals surface area contributed by atoms with E-state index >= 15 is 0 Å². The lowest BCUT2D eigenvalue weighted by molar-refractivity contribution is -0.387. The third kappa shape index (κ3) is 1.77. The van der Waals surface area contributed by atoms with Crippen molar-refractivity contribution in [3.63, 3.8) is 0 Å². The predicted molar refractivity (Wildman–Crippen MR) is 59.7 cm³/mol. The molecule has 0 amide bonds. The number of aromatic nitrogens is 2. The summed E-state index contributed by atoms with van der Waals surface area (Å²) in [6.07, 6.45) is 1.45. The number of imidazole rings is 1. The lowest BCUT2D eigenvalue weighted by Crippen LogP contribution is -2.03. The Hall–Kier alpha value is -2.24. The molecule has 5 nitrogen and oxygen atoms in total.